The van der Waals surface area contributed by atoms with Gasteiger partial charge in [-0.25, -0.2) is 9.97 Å². The largest absolute Gasteiger partial charge is 0.507 e. The van der Waals surface area contributed by atoms with Crippen LogP contribution in [-0.2, 0) is 0 Å². The van der Waals surface area contributed by atoms with Gasteiger partial charge in [-0.15, -0.1) is 0 Å². The molecule has 0 bridgehead atoms. The average Bonchev–Trinajstić information content (AvgIpc) is 2.37. The first-order valence-electron chi connectivity index (χ1n) is 4.95. The Morgan fingerprint density at radius 1 is 1.26 bits per heavy atom. The highest BCUT2D eigenvalue weighted by molar-refractivity contribution is 9.10. The average molecular weight is 363 g/mol. The molecule has 0 aliphatic rings. The molecule has 1 heterocycles. The lowest BCUT2D eigenvalue weighted by atomic mass is 10.2. The first kappa shape index (κ1) is 14.0. The molecule has 0 saturated heterocycles. The fourth-order valence-corrected chi connectivity index (χ4v) is 1.94. The van der Waals surface area contributed by atoms with E-state index in [4.69, 9.17) is 23.2 Å². The summed E-state index contributed by atoms with van der Waals surface area (Å²) < 4.78 is 0.489. The summed E-state index contributed by atoms with van der Waals surface area (Å²) in [5.74, 6) is -0.532. The fourth-order valence-electron chi connectivity index (χ4n) is 1.29. The second-order valence-corrected chi connectivity index (χ2v) is 5.02. The number of halogens is 3. The van der Waals surface area contributed by atoms with Crippen molar-refractivity contribution in [1.29, 1.82) is 0 Å². The summed E-state index contributed by atoms with van der Waals surface area (Å²) in [5.41, 5.74) is 0.370. The van der Waals surface area contributed by atoms with Crippen LogP contribution >= 0.6 is 39.1 Å². The topological polar surface area (TPSA) is 75.1 Å². The third-order valence-corrected chi connectivity index (χ3v) is 3.45. The molecule has 0 aliphatic heterocycles. The van der Waals surface area contributed by atoms with E-state index in [9.17, 15) is 9.90 Å². The van der Waals surface area contributed by atoms with Gasteiger partial charge in [-0.2, -0.15) is 0 Å². The van der Waals surface area contributed by atoms with Crippen LogP contribution in [0.25, 0.3) is 0 Å². The third kappa shape index (κ3) is 3.15. The molecule has 0 saturated carbocycles. The Hall–Kier alpha value is -1.37. The Morgan fingerprint density at radius 2 is 1.89 bits per heavy atom. The number of nitrogens with zero attached hydrogens (tertiary/aromatic N) is 2. The first-order valence-corrected chi connectivity index (χ1v) is 6.50. The van der Waals surface area contributed by atoms with E-state index in [0.29, 0.717) is 4.47 Å². The molecular formula is C11H6BrCl2N3O2. The van der Waals surface area contributed by atoms with Gasteiger partial charge >= 0.3 is 0 Å². The van der Waals surface area contributed by atoms with E-state index in [1.807, 2.05) is 0 Å². The van der Waals surface area contributed by atoms with Crippen molar-refractivity contribution in [3.8, 4) is 5.75 Å². The normalized spacial score (nSPS) is 10.3. The van der Waals surface area contributed by atoms with Gasteiger partial charge in [0.05, 0.1) is 4.47 Å². The van der Waals surface area contributed by atoms with E-state index >= 15 is 0 Å². The van der Waals surface area contributed by atoms with Crippen molar-refractivity contribution >= 4 is 50.7 Å². The Kier molecular flexibility index (Phi) is 4.24. The van der Waals surface area contributed by atoms with Gasteiger partial charge in [0.2, 0.25) is 0 Å². The van der Waals surface area contributed by atoms with Crippen molar-refractivity contribution in [1.82, 2.24) is 9.97 Å². The van der Waals surface area contributed by atoms with Crippen molar-refractivity contribution in [2.75, 3.05) is 5.32 Å². The number of anilines is 1. The summed E-state index contributed by atoms with van der Waals surface area (Å²) in [6.45, 7) is 0. The molecule has 98 valence electrons. The quantitative estimate of drug-likeness (QED) is 0.801. The number of nitrogens with one attached hydrogen (secondary N) is 1. The molecule has 2 rings (SSSR count). The number of rotatable bonds is 2. The minimum Gasteiger partial charge on any atom is -0.507 e. The van der Waals surface area contributed by atoms with Gasteiger partial charge in [0.1, 0.15) is 17.8 Å². The predicted molar refractivity (Wildman–Crippen MR) is 75.8 cm³/mol. The minimum atomic E-state index is -0.485. The van der Waals surface area contributed by atoms with Gasteiger partial charge in [-0.1, -0.05) is 23.2 Å². The molecule has 5 nitrogen and oxygen atoms in total. The van der Waals surface area contributed by atoms with E-state index in [-0.39, 0.29) is 27.3 Å². The molecule has 2 aromatic rings. The van der Waals surface area contributed by atoms with Crippen LogP contribution < -0.4 is 5.32 Å². The molecule has 1 amide bonds. The molecule has 0 atom stereocenters. The Morgan fingerprint density at radius 3 is 2.47 bits per heavy atom. The van der Waals surface area contributed by atoms with E-state index in [0.717, 1.165) is 0 Å². The highest BCUT2D eigenvalue weighted by Crippen LogP contribution is 2.28. The summed E-state index contributed by atoms with van der Waals surface area (Å²) in [5, 5.41) is 12.1. The number of phenols is 1. The lowest BCUT2D eigenvalue weighted by Gasteiger charge is -2.08. The van der Waals surface area contributed by atoms with Crippen LogP contribution in [0.15, 0.2) is 29.0 Å². The Balaban J connectivity index is 2.28. The number of phenolic OH excluding ortho intramolecular Hbond substituents is 1. The van der Waals surface area contributed by atoms with Gasteiger partial charge in [0.25, 0.3) is 5.91 Å². The zero-order valence-corrected chi connectivity index (χ0v) is 12.3. The summed E-state index contributed by atoms with van der Waals surface area (Å²) in [6, 6.07) is 4.39. The van der Waals surface area contributed by atoms with Crippen LogP contribution in [0.5, 0.6) is 5.75 Å². The summed E-state index contributed by atoms with van der Waals surface area (Å²) in [6.07, 6.45) is 1.19. The monoisotopic (exact) mass is 361 g/mol. The number of hydrogen-bond donors (Lipinski definition) is 2. The van der Waals surface area contributed by atoms with Gasteiger partial charge in [-0.3, -0.25) is 4.79 Å². The van der Waals surface area contributed by atoms with Crippen molar-refractivity contribution < 1.29 is 9.90 Å². The van der Waals surface area contributed by atoms with Crippen LogP contribution in [0.3, 0.4) is 0 Å². The van der Waals surface area contributed by atoms with Gasteiger partial charge in [0.15, 0.2) is 10.3 Å². The molecule has 0 unspecified atom stereocenters. The van der Waals surface area contributed by atoms with Crippen molar-refractivity contribution in [2.45, 2.75) is 0 Å². The summed E-state index contributed by atoms with van der Waals surface area (Å²) in [4.78, 5) is 19.4. The maximum atomic E-state index is 12.0. The minimum absolute atomic E-state index is 0.0367. The SMILES string of the molecule is O=C(Nc1c(Cl)ncnc1Cl)c1ccc(Br)c(O)c1. The zero-order chi connectivity index (χ0) is 14.0. The molecule has 19 heavy (non-hydrogen) atoms. The number of hydrogen-bond acceptors (Lipinski definition) is 4. The Labute approximate surface area is 126 Å². The summed E-state index contributed by atoms with van der Waals surface area (Å²) in [7, 11) is 0. The first-order chi connectivity index (χ1) is 8.99. The van der Waals surface area contributed by atoms with Crippen LogP contribution in [-0.4, -0.2) is 21.0 Å². The zero-order valence-electron chi connectivity index (χ0n) is 9.19. The Bertz CT molecular complexity index is 632. The standard InChI is InChI=1S/C11H6BrCl2N3O2/c12-6-2-1-5(3-7(6)18)11(19)17-8-9(13)15-4-16-10(8)14/h1-4,18H,(H,17,19). The number of benzene rings is 1. The van der Waals surface area contributed by atoms with Crippen molar-refractivity contribution in [3.63, 3.8) is 0 Å². The second kappa shape index (κ2) is 5.73. The third-order valence-electron chi connectivity index (χ3n) is 2.20. The molecule has 0 radical (unpaired) electrons. The summed E-state index contributed by atoms with van der Waals surface area (Å²) >= 11 is 14.7. The van der Waals surface area contributed by atoms with Crippen molar-refractivity contribution in [3.05, 3.63) is 44.9 Å². The van der Waals surface area contributed by atoms with Crippen LogP contribution in [0.1, 0.15) is 10.4 Å². The second-order valence-electron chi connectivity index (χ2n) is 3.45. The number of carbonyl (C=O) groups is 1. The highest BCUT2D eigenvalue weighted by atomic mass is 79.9. The number of aromatic nitrogens is 2. The molecule has 1 aromatic carbocycles. The lowest BCUT2D eigenvalue weighted by Crippen LogP contribution is -2.13. The molecule has 2 N–H and O–H groups in total. The number of aromatic hydroxyl groups is 1. The van der Waals surface area contributed by atoms with Gasteiger partial charge in [0, 0.05) is 5.56 Å². The van der Waals surface area contributed by atoms with Crippen LogP contribution in [0.4, 0.5) is 5.69 Å². The maximum Gasteiger partial charge on any atom is 0.255 e. The number of carbonyl (C=O) groups excluding carboxylic acids is 1. The molecule has 0 aliphatic carbocycles. The van der Waals surface area contributed by atoms with Crippen molar-refractivity contribution in [2.24, 2.45) is 0 Å². The molecule has 1 aromatic heterocycles. The molecule has 0 fully saturated rings. The van der Waals surface area contributed by atoms with E-state index < -0.39 is 5.91 Å². The van der Waals surface area contributed by atoms with Crippen LogP contribution in [0, 0.1) is 0 Å². The predicted octanol–water partition coefficient (Wildman–Crippen LogP) is 3.50. The maximum absolute atomic E-state index is 12.0. The smallest absolute Gasteiger partial charge is 0.255 e. The highest BCUT2D eigenvalue weighted by Gasteiger charge is 2.14. The van der Waals surface area contributed by atoms with Gasteiger partial charge in [-0.05, 0) is 34.1 Å². The molecule has 8 heteroatoms. The van der Waals surface area contributed by atoms with Gasteiger partial charge < -0.3 is 10.4 Å². The van der Waals surface area contributed by atoms with E-state index in [2.05, 4.69) is 31.2 Å². The lowest BCUT2D eigenvalue weighted by molar-refractivity contribution is 0.102. The fraction of sp³-hybridized carbons (Fsp3) is 0. The molecule has 0 spiro atoms. The number of amides is 1. The molecular weight excluding hydrogens is 357 g/mol. The van der Waals surface area contributed by atoms with E-state index in [1.54, 1.807) is 6.07 Å². The van der Waals surface area contributed by atoms with E-state index in [1.165, 1.54) is 18.5 Å². The van der Waals surface area contributed by atoms with Crippen LogP contribution in [0.2, 0.25) is 10.3 Å².